The molecule has 3 aromatic rings. The van der Waals surface area contributed by atoms with Crippen molar-refractivity contribution in [2.75, 3.05) is 0 Å². The number of imidazole rings is 1. The second kappa shape index (κ2) is 5.31. The molecule has 100 valence electrons. The lowest BCUT2D eigenvalue weighted by atomic mass is 10.2. The van der Waals surface area contributed by atoms with E-state index in [-0.39, 0.29) is 0 Å². The topological polar surface area (TPSA) is 62.3 Å². The van der Waals surface area contributed by atoms with Gasteiger partial charge in [0.2, 0.25) is 0 Å². The van der Waals surface area contributed by atoms with Crippen molar-refractivity contribution in [2.24, 2.45) is 0 Å². The number of nitrogens with zero attached hydrogens (tertiary/aromatic N) is 4. The first-order chi connectivity index (χ1) is 9.79. The van der Waals surface area contributed by atoms with Crippen LogP contribution in [-0.4, -0.2) is 19.3 Å². The van der Waals surface area contributed by atoms with Gasteiger partial charge in [0.15, 0.2) is 4.77 Å². The Kier molecular flexibility index (Phi) is 3.35. The molecule has 0 radical (unpaired) electrons. The number of aryl methyl sites for hydroxylation is 2. The Bertz CT molecular complexity index is 819. The van der Waals surface area contributed by atoms with E-state index in [1.165, 1.54) is 0 Å². The first kappa shape index (κ1) is 12.6. The molecule has 2 aromatic heterocycles. The number of benzene rings is 1. The van der Waals surface area contributed by atoms with Gasteiger partial charge in [0.25, 0.3) is 0 Å². The molecule has 0 atom stereocenters. The van der Waals surface area contributed by atoms with Crippen molar-refractivity contribution in [3.05, 3.63) is 47.0 Å². The van der Waals surface area contributed by atoms with Crippen LogP contribution in [0.5, 0.6) is 0 Å². The summed E-state index contributed by atoms with van der Waals surface area (Å²) in [5.74, 6) is 0. The second-order valence-electron chi connectivity index (χ2n) is 4.52. The average Bonchev–Trinajstić information content (AvgIpc) is 3.07. The minimum atomic E-state index is 0.624. The van der Waals surface area contributed by atoms with Crippen molar-refractivity contribution in [1.29, 1.82) is 5.26 Å². The number of nitrogens with one attached hydrogen (secondary N) is 1. The highest BCUT2D eigenvalue weighted by Crippen LogP contribution is 2.18. The maximum atomic E-state index is 9.11. The van der Waals surface area contributed by atoms with Crippen LogP contribution in [-0.2, 0) is 13.1 Å². The Labute approximate surface area is 121 Å². The third-order valence-electron chi connectivity index (χ3n) is 3.26. The summed E-state index contributed by atoms with van der Waals surface area (Å²) in [5.41, 5.74) is 2.42. The van der Waals surface area contributed by atoms with Crippen LogP contribution in [0.1, 0.15) is 12.0 Å². The molecule has 0 amide bonds. The van der Waals surface area contributed by atoms with E-state index in [4.69, 9.17) is 17.5 Å². The number of nitriles is 1. The summed E-state index contributed by atoms with van der Waals surface area (Å²) in [6.07, 6.45) is 4.65. The zero-order valence-corrected chi connectivity index (χ0v) is 11.6. The average molecular weight is 283 g/mol. The Morgan fingerprint density at radius 3 is 2.95 bits per heavy atom. The number of fused-ring (bicyclic) bond motifs is 1. The van der Waals surface area contributed by atoms with E-state index in [9.17, 15) is 0 Å². The second-order valence-corrected chi connectivity index (χ2v) is 4.90. The summed E-state index contributed by atoms with van der Waals surface area (Å²) in [5, 5.41) is 13.3. The summed E-state index contributed by atoms with van der Waals surface area (Å²) in [6, 6.07) is 9.76. The Morgan fingerprint density at radius 2 is 2.20 bits per heavy atom. The van der Waals surface area contributed by atoms with E-state index in [0.717, 1.165) is 30.5 Å². The van der Waals surface area contributed by atoms with Gasteiger partial charge in [0, 0.05) is 25.5 Å². The molecule has 2 heterocycles. The number of hydrogen-bond acceptors (Lipinski definition) is 3. The van der Waals surface area contributed by atoms with Crippen LogP contribution in [0.2, 0.25) is 0 Å². The van der Waals surface area contributed by atoms with Crippen LogP contribution in [0.3, 0.4) is 0 Å². The minimum Gasteiger partial charge on any atom is -0.329 e. The van der Waals surface area contributed by atoms with Gasteiger partial charge in [-0.15, -0.1) is 0 Å². The molecular formula is C14H13N5S. The van der Waals surface area contributed by atoms with Crippen LogP contribution in [0.25, 0.3) is 11.0 Å². The molecule has 1 aromatic carbocycles. The van der Waals surface area contributed by atoms with Crippen molar-refractivity contribution in [3.63, 3.8) is 0 Å². The molecular weight excluding hydrogens is 270 g/mol. The molecule has 0 spiro atoms. The summed E-state index contributed by atoms with van der Waals surface area (Å²) >= 11 is 5.35. The first-order valence-electron chi connectivity index (χ1n) is 6.38. The van der Waals surface area contributed by atoms with Gasteiger partial charge in [0.1, 0.15) is 6.07 Å². The highest BCUT2D eigenvalue weighted by molar-refractivity contribution is 7.71. The third-order valence-corrected chi connectivity index (χ3v) is 3.58. The van der Waals surface area contributed by atoms with Gasteiger partial charge >= 0.3 is 0 Å². The lowest BCUT2D eigenvalue weighted by Gasteiger charge is -2.05. The van der Waals surface area contributed by atoms with E-state index in [1.807, 2.05) is 33.6 Å². The molecule has 0 unspecified atom stereocenters. The van der Waals surface area contributed by atoms with E-state index < -0.39 is 0 Å². The van der Waals surface area contributed by atoms with Gasteiger partial charge < -0.3 is 9.55 Å². The Hall–Kier alpha value is -2.39. The van der Waals surface area contributed by atoms with Crippen LogP contribution in [0.15, 0.2) is 36.7 Å². The van der Waals surface area contributed by atoms with Crippen LogP contribution >= 0.6 is 12.2 Å². The first-order valence-corrected chi connectivity index (χ1v) is 6.79. The van der Waals surface area contributed by atoms with Gasteiger partial charge in [0.05, 0.1) is 16.6 Å². The standard InChI is InChI=1S/C14H13N5S/c15-10-11-4-1-5-12-13(11)17-14(20)19(12)9-3-8-18-7-2-6-16-18/h1-2,4-7H,3,8-9H2,(H,17,20). The lowest BCUT2D eigenvalue weighted by Crippen LogP contribution is -2.04. The van der Waals surface area contributed by atoms with Crippen LogP contribution in [0, 0.1) is 16.1 Å². The number of aromatic nitrogens is 4. The van der Waals surface area contributed by atoms with E-state index in [1.54, 1.807) is 12.3 Å². The van der Waals surface area contributed by atoms with Gasteiger partial charge in [-0.05, 0) is 36.8 Å². The zero-order chi connectivity index (χ0) is 13.9. The van der Waals surface area contributed by atoms with Crippen molar-refractivity contribution in [1.82, 2.24) is 19.3 Å². The van der Waals surface area contributed by atoms with E-state index >= 15 is 0 Å². The highest BCUT2D eigenvalue weighted by atomic mass is 32.1. The molecule has 0 aliphatic rings. The SMILES string of the molecule is N#Cc1cccc2c1[nH]c(=S)n2CCCn1cccn1. The molecule has 3 rings (SSSR count). The Balaban J connectivity index is 1.86. The smallest absolute Gasteiger partial charge is 0.178 e. The monoisotopic (exact) mass is 283 g/mol. The van der Waals surface area contributed by atoms with Gasteiger partial charge in [-0.3, -0.25) is 4.68 Å². The number of para-hydroxylation sites is 1. The normalized spacial score (nSPS) is 10.8. The third kappa shape index (κ3) is 2.24. The minimum absolute atomic E-state index is 0.624. The number of hydrogen-bond donors (Lipinski definition) is 1. The maximum absolute atomic E-state index is 9.11. The number of aromatic amines is 1. The molecule has 20 heavy (non-hydrogen) atoms. The molecule has 0 aliphatic heterocycles. The van der Waals surface area contributed by atoms with E-state index in [0.29, 0.717) is 10.3 Å². The molecule has 1 N–H and O–H groups in total. The van der Waals surface area contributed by atoms with Crippen LogP contribution in [0.4, 0.5) is 0 Å². The molecule has 0 aliphatic carbocycles. The highest BCUT2D eigenvalue weighted by Gasteiger charge is 2.07. The maximum Gasteiger partial charge on any atom is 0.178 e. The van der Waals surface area contributed by atoms with Crippen molar-refractivity contribution in [3.8, 4) is 6.07 Å². The van der Waals surface area contributed by atoms with Crippen LogP contribution < -0.4 is 0 Å². The fourth-order valence-corrected chi connectivity index (χ4v) is 2.61. The number of H-pyrrole nitrogens is 1. The lowest BCUT2D eigenvalue weighted by molar-refractivity contribution is 0.530. The van der Waals surface area contributed by atoms with E-state index in [2.05, 4.69) is 16.2 Å². The molecule has 6 heteroatoms. The predicted octanol–water partition coefficient (Wildman–Crippen LogP) is 2.86. The summed E-state index contributed by atoms with van der Waals surface area (Å²) in [4.78, 5) is 3.12. The summed E-state index contributed by atoms with van der Waals surface area (Å²) < 4.78 is 4.59. The molecule has 5 nitrogen and oxygen atoms in total. The summed E-state index contributed by atoms with van der Waals surface area (Å²) in [6.45, 7) is 1.65. The predicted molar refractivity (Wildman–Crippen MR) is 78.7 cm³/mol. The zero-order valence-electron chi connectivity index (χ0n) is 10.8. The van der Waals surface area contributed by atoms with Crippen molar-refractivity contribution >= 4 is 23.3 Å². The molecule has 0 bridgehead atoms. The molecule has 0 fully saturated rings. The number of rotatable bonds is 4. The molecule has 0 saturated heterocycles. The fourth-order valence-electron chi connectivity index (χ4n) is 2.32. The van der Waals surface area contributed by atoms with Gasteiger partial charge in [-0.1, -0.05) is 6.07 Å². The molecule has 0 saturated carbocycles. The van der Waals surface area contributed by atoms with Crippen molar-refractivity contribution < 1.29 is 0 Å². The summed E-state index contributed by atoms with van der Waals surface area (Å²) in [7, 11) is 0. The fraction of sp³-hybridized carbons (Fsp3) is 0.214. The van der Waals surface area contributed by atoms with Gasteiger partial charge in [-0.2, -0.15) is 10.4 Å². The van der Waals surface area contributed by atoms with Gasteiger partial charge in [-0.25, -0.2) is 0 Å². The quantitative estimate of drug-likeness (QED) is 0.749. The van der Waals surface area contributed by atoms with Crippen molar-refractivity contribution in [2.45, 2.75) is 19.5 Å². The largest absolute Gasteiger partial charge is 0.329 e. The Morgan fingerprint density at radius 1 is 1.30 bits per heavy atom.